The fourth-order valence-electron chi connectivity index (χ4n) is 13.4. The number of nitrogens with zero attached hydrogens (tertiary/aromatic N) is 1. The number of hydrogen-bond acceptors (Lipinski definition) is 4. The van der Waals surface area contributed by atoms with Gasteiger partial charge in [-0.25, -0.2) is 17.6 Å². The van der Waals surface area contributed by atoms with Crippen molar-refractivity contribution in [2.75, 3.05) is 4.90 Å². The van der Waals surface area contributed by atoms with Crippen molar-refractivity contribution in [1.82, 2.24) is 0 Å². The summed E-state index contributed by atoms with van der Waals surface area (Å²) in [6.45, 7) is 7.75. The maximum absolute atomic E-state index is 17.3. The molecule has 0 N–H and O–H groups in total. The third kappa shape index (κ3) is 8.12. The molecule has 1 aromatic heterocycles. The van der Waals surface area contributed by atoms with E-state index in [4.69, 9.17) is 13.9 Å². The number of halogens is 4. The van der Waals surface area contributed by atoms with Crippen LogP contribution in [0.4, 0.5) is 34.6 Å². The zero-order chi connectivity index (χ0) is 58.3. The first-order valence-corrected chi connectivity index (χ1v) is 28.3. The molecule has 2 aliphatic carbocycles. The van der Waals surface area contributed by atoms with Gasteiger partial charge in [0.1, 0.15) is 45.8 Å². The molecule has 0 saturated carbocycles. The second-order valence-corrected chi connectivity index (χ2v) is 21.7. The Kier molecular flexibility index (Phi) is 12.3. The first-order valence-electron chi connectivity index (χ1n) is 28.3. The van der Waals surface area contributed by atoms with Crippen LogP contribution >= 0.6 is 0 Å². The van der Waals surface area contributed by atoms with Crippen LogP contribution in [-0.4, -0.2) is 0 Å². The quantitative estimate of drug-likeness (QED) is 0.108. The zero-order valence-corrected chi connectivity index (χ0v) is 46.1. The molecule has 86 heavy (non-hydrogen) atoms. The van der Waals surface area contributed by atoms with Crippen molar-refractivity contribution in [3.8, 4) is 45.3 Å². The molecule has 2 unspecified atom stereocenters. The molecule has 8 heteroatoms. The lowest BCUT2D eigenvalue weighted by Crippen LogP contribution is -2.30. The molecule has 15 rings (SSSR count). The van der Waals surface area contributed by atoms with Gasteiger partial charge in [0.25, 0.3) is 0 Å². The topological polar surface area (TPSA) is 34.8 Å². The van der Waals surface area contributed by atoms with Crippen LogP contribution in [0.5, 0.6) is 23.0 Å². The van der Waals surface area contributed by atoms with Crippen LogP contribution in [0.25, 0.3) is 56.3 Å². The van der Waals surface area contributed by atoms with Gasteiger partial charge in [0.15, 0.2) is 11.6 Å². The number of fused-ring (bicyclic) bond motifs is 9. The number of hydrogen-bond donors (Lipinski definition) is 0. The monoisotopic (exact) mass is 1120 g/mol. The molecule has 0 spiro atoms. The number of para-hydroxylation sites is 1. The van der Waals surface area contributed by atoms with Crippen molar-refractivity contribution >= 4 is 51.2 Å². The number of rotatable bonds is 13. The lowest BCUT2D eigenvalue weighted by Gasteiger charge is -2.36. The molecule has 0 saturated heterocycles. The van der Waals surface area contributed by atoms with Gasteiger partial charge in [-0.05, 0) is 170 Å². The highest BCUT2D eigenvalue weighted by Gasteiger charge is 2.50. The zero-order valence-electron chi connectivity index (χ0n) is 46.1. The molecule has 1 heterocycles. The van der Waals surface area contributed by atoms with Gasteiger partial charge < -0.3 is 18.8 Å². The molecule has 0 fully saturated rings. The van der Waals surface area contributed by atoms with E-state index in [0.29, 0.717) is 56.8 Å². The normalized spacial score (nSPS) is 15.4. The lowest BCUT2D eigenvalue weighted by atomic mass is 9.67. The highest BCUT2D eigenvalue weighted by molar-refractivity contribution is 6.06. The van der Waals surface area contributed by atoms with E-state index < -0.39 is 34.1 Å². The van der Waals surface area contributed by atoms with Crippen molar-refractivity contribution in [3.63, 3.8) is 0 Å². The molecule has 0 aliphatic heterocycles. The SMILES string of the molecule is C=Cc1ccc(Oc2ccc(C3(c4ccc(F)cc4F)c4ccccc4-c4ccc(N(c5ccc6c(c5)C(c5ccc(Oc7ccc(C=C)cc7)cc5)(c5cccc(F)c5F)c5ccccc5-6)c5ccc6c(c5)oc5ccccc56)cc43)cc2)cc1. The molecule has 0 amide bonds. The van der Waals surface area contributed by atoms with Crippen LogP contribution in [-0.2, 0) is 10.8 Å². The number of ether oxygens (including phenoxy) is 2. The predicted molar refractivity (Wildman–Crippen MR) is 336 cm³/mol. The molecular formula is C78H49F4NO3. The van der Waals surface area contributed by atoms with Crippen molar-refractivity contribution in [2.45, 2.75) is 10.8 Å². The van der Waals surface area contributed by atoms with Gasteiger partial charge in [0.2, 0.25) is 0 Å². The molecule has 13 aromatic rings. The molecule has 12 aromatic carbocycles. The summed E-state index contributed by atoms with van der Waals surface area (Å²) in [5.41, 5.74) is 10.9. The smallest absolute Gasteiger partial charge is 0.163 e. The largest absolute Gasteiger partial charge is 0.457 e. The highest BCUT2D eigenvalue weighted by Crippen LogP contribution is 2.61. The van der Waals surface area contributed by atoms with Crippen molar-refractivity contribution in [1.29, 1.82) is 0 Å². The van der Waals surface area contributed by atoms with Gasteiger partial charge in [0.05, 0.1) is 10.8 Å². The summed E-state index contributed by atoms with van der Waals surface area (Å²) in [6, 6.07) is 80.8. The summed E-state index contributed by atoms with van der Waals surface area (Å²) in [5, 5.41) is 1.88. The second kappa shape index (κ2) is 20.4. The van der Waals surface area contributed by atoms with Crippen molar-refractivity contribution in [3.05, 3.63) is 353 Å². The van der Waals surface area contributed by atoms with Gasteiger partial charge in [-0.2, -0.15) is 0 Å². The maximum Gasteiger partial charge on any atom is 0.163 e. The molecule has 4 nitrogen and oxygen atoms in total. The minimum atomic E-state index is -1.41. The van der Waals surface area contributed by atoms with E-state index >= 15 is 17.6 Å². The average Bonchev–Trinajstić information content (AvgIpc) is 1.58. The average molecular weight is 1120 g/mol. The molecule has 2 atom stereocenters. The predicted octanol–water partition coefficient (Wildman–Crippen LogP) is 21.2. The summed E-state index contributed by atoms with van der Waals surface area (Å²) < 4.78 is 85.3. The van der Waals surface area contributed by atoms with Gasteiger partial charge in [-0.3, -0.25) is 0 Å². The van der Waals surface area contributed by atoms with Crippen LogP contribution in [0, 0.1) is 23.3 Å². The first-order chi connectivity index (χ1) is 42.1. The summed E-state index contributed by atoms with van der Waals surface area (Å²) in [5.74, 6) is -0.992. The lowest BCUT2D eigenvalue weighted by molar-refractivity contribution is 0.480. The summed E-state index contributed by atoms with van der Waals surface area (Å²) in [6.07, 6.45) is 3.53. The summed E-state index contributed by atoms with van der Waals surface area (Å²) >= 11 is 0. The van der Waals surface area contributed by atoms with Crippen LogP contribution in [0.3, 0.4) is 0 Å². The van der Waals surface area contributed by atoms with E-state index in [9.17, 15) is 0 Å². The Morgan fingerprint density at radius 1 is 0.349 bits per heavy atom. The summed E-state index contributed by atoms with van der Waals surface area (Å²) in [4.78, 5) is 2.13. The third-order valence-corrected chi connectivity index (χ3v) is 17.2. The Bertz CT molecular complexity index is 4860. The van der Waals surface area contributed by atoms with E-state index in [1.54, 1.807) is 30.4 Å². The van der Waals surface area contributed by atoms with Gasteiger partial charge in [-0.15, -0.1) is 0 Å². The van der Waals surface area contributed by atoms with Crippen molar-refractivity contribution in [2.24, 2.45) is 0 Å². The molecule has 0 bridgehead atoms. The fourth-order valence-corrected chi connectivity index (χ4v) is 13.4. The van der Waals surface area contributed by atoms with Crippen LogP contribution in [0.1, 0.15) is 55.6 Å². The molecule has 2 aliphatic rings. The Morgan fingerprint density at radius 3 is 1.35 bits per heavy atom. The van der Waals surface area contributed by atoms with Crippen molar-refractivity contribution < 1.29 is 31.5 Å². The van der Waals surface area contributed by atoms with Gasteiger partial charge in [0, 0.05) is 51.1 Å². The van der Waals surface area contributed by atoms with E-state index in [1.807, 2.05) is 188 Å². The Hall–Kier alpha value is -11.0. The number of anilines is 3. The Morgan fingerprint density at radius 2 is 0.802 bits per heavy atom. The van der Waals surface area contributed by atoms with Gasteiger partial charge >= 0.3 is 0 Å². The van der Waals surface area contributed by atoms with Crippen LogP contribution in [0.2, 0.25) is 0 Å². The first kappa shape index (κ1) is 51.9. The van der Waals surface area contributed by atoms with Crippen LogP contribution in [0.15, 0.2) is 278 Å². The minimum Gasteiger partial charge on any atom is -0.457 e. The van der Waals surface area contributed by atoms with Gasteiger partial charge in [-0.1, -0.05) is 171 Å². The molecule has 0 radical (unpaired) electrons. The van der Waals surface area contributed by atoms with Crippen LogP contribution < -0.4 is 14.4 Å². The van der Waals surface area contributed by atoms with E-state index in [2.05, 4.69) is 54.5 Å². The van der Waals surface area contributed by atoms with E-state index in [-0.39, 0.29) is 11.1 Å². The molecule has 412 valence electrons. The fraction of sp³-hybridized carbons (Fsp3) is 0.0256. The Labute approximate surface area is 494 Å². The maximum atomic E-state index is 17.3. The third-order valence-electron chi connectivity index (χ3n) is 17.2. The number of furan rings is 1. The summed E-state index contributed by atoms with van der Waals surface area (Å²) in [7, 11) is 0. The Balaban J connectivity index is 0.961. The van der Waals surface area contributed by atoms with E-state index in [0.717, 1.165) is 84.1 Å². The van der Waals surface area contributed by atoms with E-state index in [1.165, 1.54) is 6.07 Å². The number of benzene rings is 12. The standard InChI is InChI=1S/C78H49F4NO3/c1-3-48-20-32-56(33-21-48)84-58-36-24-50(25-37-58)77(68-43-28-52(79)44-73(68)81)66-15-8-5-12-60(66)62-40-29-53(45-70(62)77)83(55-31-42-65-64-14-7-10-19-74(64)86-75(65)47-55)54-30-41-63-61-13-6-9-16-67(61)78(71(63)46-54,69-17-11-18-72(80)76(69)82)51-26-38-59(39-27-51)85-57-34-22-49(4-2)23-35-57/h3-47H,1-2H2. The second-order valence-electron chi connectivity index (χ2n) is 21.7. The highest BCUT2D eigenvalue weighted by atomic mass is 19.2. The minimum absolute atomic E-state index is 0.133. The molecular weight excluding hydrogens is 1070 g/mol.